The van der Waals surface area contributed by atoms with Crippen LogP contribution in [-0.2, 0) is 0 Å². The van der Waals surface area contributed by atoms with Gasteiger partial charge in [-0.05, 0) is 6.07 Å². The molecular weight excluding hydrogens is 229 g/mol. The van der Waals surface area contributed by atoms with Gasteiger partial charge in [0.2, 0.25) is 5.82 Å². The molecule has 0 saturated carbocycles. The highest BCUT2D eigenvalue weighted by molar-refractivity contribution is 7.17. The largest absolute Gasteiger partial charge is 0.306 e. The number of rotatable bonds is 1. The van der Waals surface area contributed by atoms with Gasteiger partial charge in [-0.25, -0.2) is 0 Å². The lowest BCUT2D eigenvalue weighted by Crippen LogP contribution is -1.91. The molecule has 0 fully saturated rings. The third-order valence-electron chi connectivity index (χ3n) is 1.79. The lowest BCUT2D eigenvalue weighted by Gasteiger charge is -1.94. The SMILES string of the molecule is O=[N+]([O-])c1cc2scc(Cl)c2cc1F. The van der Waals surface area contributed by atoms with Gasteiger partial charge in [0, 0.05) is 21.5 Å². The first-order valence-corrected chi connectivity index (χ1v) is 4.86. The normalized spacial score (nSPS) is 10.7. The van der Waals surface area contributed by atoms with Gasteiger partial charge in [-0.15, -0.1) is 11.3 Å². The van der Waals surface area contributed by atoms with Crippen LogP contribution in [0.5, 0.6) is 0 Å². The lowest BCUT2D eigenvalue weighted by atomic mass is 10.2. The van der Waals surface area contributed by atoms with Gasteiger partial charge >= 0.3 is 5.69 Å². The fraction of sp³-hybridized carbons (Fsp3) is 0. The third kappa shape index (κ3) is 1.34. The number of halogens is 2. The zero-order valence-electron chi connectivity index (χ0n) is 6.66. The van der Waals surface area contributed by atoms with Gasteiger partial charge in [-0.2, -0.15) is 4.39 Å². The zero-order valence-corrected chi connectivity index (χ0v) is 8.23. The second-order valence-electron chi connectivity index (χ2n) is 2.64. The van der Waals surface area contributed by atoms with Gasteiger partial charge in [0.25, 0.3) is 0 Å². The molecule has 0 aliphatic rings. The van der Waals surface area contributed by atoms with Gasteiger partial charge in [-0.3, -0.25) is 10.1 Å². The van der Waals surface area contributed by atoms with Crippen molar-refractivity contribution in [2.45, 2.75) is 0 Å². The van der Waals surface area contributed by atoms with Crippen LogP contribution >= 0.6 is 22.9 Å². The molecule has 0 atom stereocenters. The van der Waals surface area contributed by atoms with Crippen LogP contribution in [0.2, 0.25) is 5.02 Å². The van der Waals surface area contributed by atoms with Crippen LogP contribution in [0, 0.1) is 15.9 Å². The average molecular weight is 232 g/mol. The van der Waals surface area contributed by atoms with E-state index in [9.17, 15) is 14.5 Å². The first-order valence-electron chi connectivity index (χ1n) is 3.60. The molecule has 2 aromatic rings. The summed E-state index contributed by atoms with van der Waals surface area (Å²) >= 11 is 7.00. The van der Waals surface area contributed by atoms with E-state index in [2.05, 4.69) is 0 Å². The van der Waals surface area contributed by atoms with E-state index >= 15 is 0 Å². The number of hydrogen-bond donors (Lipinski definition) is 0. The summed E-state index contributed by atoms with van der Waals surface area (Å²) in [5, 5.41) is 13.0. The Morgan fingerprint density at radius 2 is 2.21 bits per heavy atom. The molecule has 72 valence electrons. The van der Waals surface area contributed by atoms with E-state index in [1.165, 1.54) is 17.4 Å². The molecule has 0 unspecified atom stereocenters. The van der Waals surface area contributed by atoms with Gasteiger partial charge in [0.05, 0.1) is 9.95 Å². The molecule has 0 aliphatic carbocycles. The maximum atomic E-state index is 13.1. The van der Waals surface area contributed by atoms with Crippen molar-refractivity contribution in [1.82, 2.24) is 0 Å². The van der Waals surface area contributed by atoms with E-state index in [1.807, 2.05) is 0 Å². The predicted octanol–water partition coefficient (Wildman–Crippen LogP) is 3.60. The third-order valence-corrected chi connectivity index (χ3v) is 3.18. The lowest BCUT2D eigenvalue weighted by molar-refractivity contribution is -0.387. The number of nitrogens with zero attached hydrogens (tertiary/aromatic N) is 1. The highest BCUT2D eigenvalue weighted by Gasteiger charge is 2.16. The minimum absolute atomic E-state index is 0.416. The first kappa shape index (κ1) is 9.36. The minimum atomic E-state index is -0.859. The van der Waals surface area contributed by atoms with E-state index in [4.69, 9.17) is 11.6 Å². The molecule has 0 saturated heterocycles. The van der Waals surface area contributed by atoms with Gasteiger partial charge in [-0.1, -0.05) is 11.6 Å². The summed E-state index contributed by atoms with van der Waals surface area (Å²) in [4.78, 5) is 9.66. The van der Waals surface area contributed by atoms with Crippen molar-refractivity contribution in [3.63, 3.8) is 0 Å². The Morgan fingerprint density at radius 3 is 2.86 bits per heavy atom. The summed E-state index contributed by atoms with van der Waals surface area (Å²) < 4.78 is 13.7. The second-order valence-corrected chi connectivity index (χ2v) is 3.96. The van der Waals surface area contributed by atoms with Crippen LogP contribution in [0.25, 0.3) is 10.1 Å². The van der Waals surface area contributed by atoms with Crippen LogP contribution in [0.3, 0.4) is 0 Å². The molecule has 14 heavy (non-hydrogen) atoms. The van der Waals surface area contributed by atoms with E-state index in [1.54, 1.807) is 5.38 Å². The molecule has 0 N–H and O–H groups in total. The number of hydrogen-bond acceptors (Lipinski definition) is 3. The Morgan fingerprint density at radius 1 is 1.50 bits per heavy atom. The number of benzene rings is 1. The van der Waals surface area contributed by atoms with Crippen LogP contribution in [0.15, 0.2) is 17.5 Å². The Hall–Kier alpha value is -1.20. The van der Waals surface area contributed by atoms with Crippen LogP contribution < -0.4 is 0 Å². The van der Waals surface area contributed by atoms with E-state index in [-0.39, 0.29) is 0 Å². The Bertz CT molecular complexity index is 525. The van der Waals surface area contributed by atoms with E-state index in [0.29, 0.717) is 15.1 Å². The highest BCUT2D eigenvalue weighted by Crippen LogP contribution is 2.34. The number of thiophene rings is 1. The van der Waals surface area contributed by atoms with Crippen molar-refractivity contribution < 1.29 is 9.31 Å². The Kier molecular flexibility index (Phi) is 2.13. The van der Waals surface area contributed by atoms with Crippen molar-refractivity contribution in [2.24, 2.45) is 0 Å². The smallest absolute Gasteiger partial charge is 0.258 e. The maximum absolute atomic E-state index is 13.1. The quantitative estimate of drug-likeness (QED) is 0.556. The summed E-state index contributed by atoms with van der Waals surface area (Å²) in [6.45, 7) is 0. The molecule has 2 rings (SSSR count). The minimum Gasteiger partial charge on any atom is -0.258 e. The molecule has 1 heterocycles. The van der Waals surface area contributed by atoms with Gasteiger partial charge < -0.3 is 0 Å². The van der Waals surface area contributed by atoms with E-state index < -0.39 is 16.4 Å². The average Bonchev–Trinajstić information content (AvgIpc) is 2.46. The number of nitro groups is 1. The summed E-state index contributed by atoms with van der Waals surface area (Å²) in [5.41, 5.74) is -0.518. The van der Waals surface area contributed by atoms with Crippen molar-refractivity contribution in [3.05, 3.63) is 38.5 Å². The molecule has 0 spiro atoms. The predicted molar refractivity (Wildman–Crippen MR) is 53.4 cm³/mol. The summed E-state index contributed by atoms with van der Waals surface area (Å²) in [7, 11) is 0. The highest BCUT2D eigenvalue weighted by atomic mass is 35.5. The molecule has 0 bridgehead atoms. The van der Waals surface area contributed by atoms with Gasteiger partial charge in [0.1, 0.15) is 0 Å². The summed E-state index contributed by atoms with van der Waals surface area (Å²) in [6.07, 6.45) is 0. The Labute approximate surface area is 86.9 Å². The van der Waals surface area contributed by atoms with Crippen LogP contribution in [0.4, 0.5) is 10.1 Å². The topological polar surface area (TPSA) is 43.1 Å². The summed E-state index contributed by atoms with van der Waals surface area (Å²) in [6, 6.07) is 2.29. The Balaban J connectivity index is 2.79. The number of nitro benzene ring substituents is 1. The molecule has 3 nitrogen and oxygen atoms in total. The standard InChI is InChI=1S/C8H3ClFNO2S/c9-5-3-14-8-2-7(11(12)13)6(10)1-4(5)8/h1-3H. The molecule has 0 aliphatic heterocycles. The first-order chi connectivity index (χ1) is 6.59. The maximum Gasteiger partial charge on any atom is 0.306 e. The van der Waals surface area contributed by atoms with Crippen LogP contribution in [-0.4, -0.2) is 4.92 Å². The fourth-order valence-corrected chi connectivity index (χ4v) is 2.32. The molecule has 1 aromatic heterocycles. The molecular formula is C8H3ClFNO2S. The zero-order chi connectivity index (χ0) is 10.3. The van der Waals surface area contributed by atoms with Crippen molar-refractivity contribution in [3.8, 4) is 0 Å². The van der Waals surface area contributed by atoms with Crippen molar-refractivity contribution in [1.29, 1.82) is 0 Å². The van der Waals surface area contributed by atoms with Crippen molar-refractivity contribution in [2.75, 3.05) is 0 Å². The second kappa shape index (κ2) is 3.18. The molecule has 1 aromatic carbocycles. The summed E-state index contributed by atoms with van der Waals surface area (Å²) in [5.74, 6) is -0.859. The molecule has 0 radical (unpaired) electrons. The van der Waals surface area contributed by atoms with Gasteiger partial charge in [0.15, 0.2) is 0 Å². The fourth-order valence-electron chi connectivity index (χ4n) is 1.15. The molecule has 6 heteroatoms. The van der Waals surface area contributed by atoms with E-state index in [0.717, 1.165) is 6.07 Å². The van der Waals surface area contributed by atoms with Crippen LogP contribution in [0.1, 0.15) is 0 Å². The monoisotopic (exact) mass is 231 g/mol. The number of fused-ring (bicyclic) bond motifs is 1. The molecule has 0 amide bonds. The van der Waals surface area contributed by atoms with Crippen molar-refractivity contribution >= 4 is 38.7 Å².